The predicted molar refractivity (Wildman–Crippen MR) is 112 cm³/mol. The Bertz CT molecular complexity index is 780. The second-order valence-electron chi connectivity index (χ2n) is 7.12. The van der Waals surface area contributed by atoms with Gasteiger partial charge in [0.25, 0.3) is 5.91 Å². The molecule has 160 valence electrons. The zero-order valence-electron chi connectivity index (χ0n) is 17.0. The molecule has 1 N–H and O–H groups in total. The van der Waals surface area contributed by atoms with Gasteiger partial charge in [0.2, 0.25) is 0 Å². The van der Waals surface area contributed by atoms with E-state index in [0.29, 0.717) is 18.5 Å². The lowest BCUT2D eigenvalue weighted by Crippen LogP contribution is -2.47. The Morgan fingerprint density at radius 2 is 1.90 bits per heavy atom. The van der Waals surface area contributed by atoms with Crippen molar-refractivity contribution >= 4 is 34.8 Å². The first-order valence-electron chi connectivity index (χ1n) is 9.31. The fourth-order valence-electron chi connectivity index (χ4n) is 3.19. The molecule has 1 saturated heterocycles. The van der Waals surface area contributed by atoms with Crippen molar-refractivity contribution in [3.05, 3.63) is 29.3 Å². The topological polar surface area (TPSA) is 101 Å². The molecule has 2 rings (SSSR count). The summed E-state index contributed by atoms with van der Waals surface area (Å²) in [4.78, 5) is 40.4. The van der Waals surface area contributed by atoms with Crippen molar-refractivity contribution in [2.45, 2.75) is 0 Å². The van der Waals surface area contributed by atoms with E-state index in [1.54, 1.807) is 16.6 Å². The first kappa shape index (κ1) is 23.0. The average molecular weight is 425 g/mol. The number of carbonyl (C=O) groups is 3. The highest BCUT2D eigenvalue weighted by Gasteiger charge is 2.21. The number of hydrogen-bond donors (Lipinski definition) is 1. The number of amides is 1. The summed E-state index contributed by atoms with van der Waals surface area (Å²) in [6, 6.07) is 4.65. The van der Waals surface area contributed by atoms with Gasteiger partial charge < -0.3 is 14.9 Å². The normalized spacial score (nSPS) is 16.2. The summed E-state index contributed by atoms with van der Waals surface area (Å²) < 4.78 is 14.0. The number of carbonyl (C=O) groups excluding carboxylic acids is 2. The molecule has 1 atom stereocenters. The zero-order chi connectivity index (χ0) is 21.6. The van der Waals surface area contributed by atoms with Crippen LogP contribution >= 0.6 is 0 Å². The average Bonchev–Trinajstić information content (AvgIpc) is 2.68. The number of anilines is 1. The second kappa shape index (κ2) is 10.5. The van der Waals surface area contributed by atoms with E-state index < -0.39 is 29.4 Å². The number of likely N-dealkylation sites (N-methyl/N-ethyl adjacent to an activating group) is 2. The first-order chi connectivity index (χ1) is 13.7. The van der Waals surface area contributed by atoms with Gasteiger partial charge in [-0.05, 0) is 25.2 Å². The van der Waals surface area contributed by atoms with Gasteiger partial charge in [-0.3, -0.25) is 23.6 Å². The van der Waals surface area contributed by atoms with Gasteiger partial charge in [-0.15, -0.1) is 0 Å². The second-order valence-corrected chi connectivity index (χ2v) is 8.40. The van der Waals surface area contributed by atoms with Crippen LogP contribution < -0.4 is 4.31 Å². The number of aldehydes is 1. The Morgan fingerprint density at radius 1 is 1.24 bits per heavy atom. The summed E-state index contributed by atoms with van der Waals surface area (Å²) >= 11 is 0. The van der Waals surface area contributed by atoms with E-state index in [4.69, 9.17) is 5.11 Å². The molecule has 29 heavy (non-hydrogen) atoms. The van der Waals surface area contributed by atoms with Gasteiger partial charge in [0.1, 0.15) is 17.5 Å². The molecule has 1 unspecified atom stereocenters. The molecule has 0 saturated carbocycles. The molecule has 0 aromatic heterocycles. The number of aliphatic carboxylic acids is 1. The largest absolute Gasteiger partial charge is 0.480 e. The van der Waals surface area contributed by atoms with Gasteiger partial charge in [0.05, 0.1) is 11.3 Å². The summed E-state index contributed by atoms with van der Waals surface area (Å²) in [5, 5.41) is 8.85. The monoisotopic (exact) mass is 424 g/mol. The van der Waals surface area contributed by atoms with Gasteiger partial charge in [0, 0.05) is 58.1 Å². The molecule has 1 aliphatic heterocycles. The molecule has 1 aliphatic rings. The molecular formula is C19H28N4O5S. The van der Waals surface area contributed by atoms with Crippen molar-refractivity contribution in [2.75, 3.05) is 70.5 Å². The smallest absolute Gasteiger partial charge is 0.323 e. The fraction of sp³-hybridized carbons (Fsp3) is 0.526. The first-order valence-corrected chi connectivity index (χ1v) is 10.8. The molecule has 1 fully saturated rings. The summed E-state index contributed by atoms with van der Waals surface area (Å²) in [5.41, 5.74) is 0.840. The zero-order valence-corrected chi connectivity index (χ0v) is 17.9. The van der Waals surface area contributed by atoms with Crippen LogP contribution in [0.2, 0.25) is 0 Å². The third kappa shape index (κ3) is 6.34. The van der Waals surface area contributed by atoms with Crippen LogP contribution in [0.15, 0.2) is 18.2 Å². The highest BCUT2D eigenvalue weighted by atomic mass is 32.2. The SMILES string of the molecule is CN1CCN(CCN(c2ccc(C(=O)N(C)CC(=O)O)c(C=O)c2)S(C)=O)CC1. The molecule has 0 radical (unpaired) electrons. The van der Waals surface area contributed by atoms with E-state index in [1.165, 1.54) is 19.2 Å². The fourth-order valence-corrected chi connectivity index (χ4v) is 3.94. The summed E-state index contributed by atoms with van der Waals surface area (Å²) in [5.74, 6) is -1.69. The molecule has 0 spiro atoms. The highest BCUT2D eigenvalue weighted by molar-refractivity contribution is 7.85. The van der Waals surface area contributed by atoms with E-state index in [-0.39, 0.29) is 11.1 Å². The quantitative estimate of drug-likeness (QED) is 0.557. The third-order valence-electron chi connectivity index (χ3n) is 4.93. The Hall–Kier alpha value is -2.30. The van der Waals surface area contributed by atoms with Crippen molar-refractivity contribution in [2.24, 2.45) is 0 Å². The number of benzene rings is 1. The molecule has 1 aromatic rings. The van der Waals surface area contributed by atoms with Crippen LogP contribution in [0, 0.1) is 0 Å². The van der Waals surface area contributed by atoms with Gasteiger partial charge in [0.15, 0.2) is 6.29 Å². The minimum absolute atomic E-state index is 0.119. The lowest BCUT2D eigenvalue weighted by atomic mass is 10.1. The van der Waals surface area contributed by atoms with Gasteiger partial charge in [-0.1, -0.05) is 0 Å². The van der Waals surface area contributed by atoms with Crippen LogP contribution in [0.5, 0.6) is 0 Å². The summed E-state index contributed by atoms with van der Waals surface area (Å²) in [6.45, 7) is 4.68. The molecule has 0 bridgehead atoms. The maximum atomic E-state index is 12.5. The van der Waals surface area contributed by atoms with E-state index in [9.17, 15) is 18.6 Å². The van der Waals surface area contributed by atoms with Crippen LogP contribution in [0.3, 0.4) is 0 Å². The summed E-state index contributed by atoms with van der Waals surface area (Å²) in [7, 11) is 2.15. The van der Waals surface area contributed by atoms with E-state index in [0.717, 1.165) is 37.6 Å². The maximum Gasteiger partial charge on any atom is 0.323 e. The number of nitrogens with zero attached hydrogens (tertiary/aromatic N) is 4. The number of carboxylic acids is 1. The van der Waals surface area contributed by atoms with Crippen LogP contribution in [-0.4, -0.2) is 108 Å². The molecule has 0 aliphatic carbocycles. The van der Waals surface area contributed by atoms with E-state index >= 15 is 0 Å². The molecule has 1 aromatic carbocycles. The van der Waals surface area contributed by atoms with E-state index in [1.807, 2.05) is 0 Å². The number of rotatable bonds is 9. The predicted octanol–water partition coefficient (Wildman–Crippen LogP) is 0.00300. The van der Waals surface area contributed by atoms with Crippen molar-refractivity contribution in [1.29, 1.82) is 0 Å². The molecule has 9 nitrogen and oxygen atoms in total. The Labute approximate surface area is 173 Å². The van der Waals surface area contributed by atoms with E-state index in [2.05, 4.69) is 16.8 Å². The standard InChI is InChI=1S/C19H28N4O5S/c1-20-6-8-22(9-7-20)10-11-23(29(3)28)16-4-5-17(15(12-16)14-24)19(27)21(2)13-18(25)26/h4-5,12,14H,6-11,13H2,1-3H3,(H,25,26). The Kier molecular flexibility index (Phi) is 8.30. The number of carboxylic acid groups (broad SMARTS) is 1. The van der Waals surface area contributed by atoms with Gasteiger partial charge >= 0.3 is 5.97 Å². The van der Waals surface area contributed by atoms with Crippen molar-refractivity contribution < 1.29 is 23.7 Å². The van der Waals surface area contributed by atoms with Crippen LogP contribution in [0.25, 0.3) is 0 Å². The minimum Gasteiger partial charge on any atom is -0.480 e. The summed E-state index contributed by atoms with van der Waals surface area (Å²) in [6.07, 6.45) is 2.13. The van der Waals surface area contributed by atoms with Gasteiger partial charge in [-0.2, -0.15) is 0 Å². The van der Waals surface area contributed by atoms with Crippen molar-refractivity contribution in [1.82, 2.24) is 14.7 Å². The molecule has 1 amide bonds. The minimum atomic E-state index is -1.30. The molecule has 1 heterocycles. The van der Waals surface area contributed by atoms with Crippen molar-refractivity contribution in [3.63, 3.8) is 0 Å². The van der Waals surface area contributed by atoms with Crippen LogP contribution in [-0.2, 0) is 15.8 Å². The highest BCUT2D eigenvalue weighted by Crippen LogP contribution is 2.21. The van der Waals surface area contributed by atoms with Crippen LogP contribution in [0.1, 0.15) is 20.7 Å². The lowest BCUT2D eigenvalue weighted by Gasteiger charge is -2.34. The Morgan fingerprint density at radius 3 is 2.45 bits per heavy atom. The van der Waals surface area contributed by atoms with Gasteiger partial charge in [-0.25, -0.2) is 4.21 Å². The number of piperazine rings is 1. The van der Waals surface area contributed by atoms with Crippen LogP contribution in [0.4, 0.5) is 5.69 Å². The Balaban J connectivity index is 2.16. The maximum absolute atomic E-state index is 12.5. The lowest BCUT2D eigenvalue weighted by molar-refractivity contribution is -0.137. The third-order valence-corrected chi connectivity index (χ3v) is 5.94. The molecule has 10 heteroatoms. The number of hydrogen-bond acceptors (Lipinski definition) is 6. The molecular weight excluding hydrogens is 396 g/mol. The van der Waals surface area contributed by atoms with Crippen molar-refractivity contribution in [3.8, 4) is 0 Å².